The molecule has 0 radical (unpaired) electrons. The minimum Gasteiger partial charge on any atom is -0.310 e. The van der Waals surface area contributed by atoms with Crippen LogP contribution in [-0.2, 0) is 0 Å². The third kappa shape index (κ3) is 7.13. The van der Waals surface area contributed by atoms with Crippen LogP contribution in [0.15, 0.2) is 267 Å². The van der Waals surface area contributed by atoms with E-state index in [-0.39, 0.29) is 0 Å². The van der Waals surface area contributed by atoms with E-state index in [0.29, 0.717) is 0 Å². The second-order valence-corrected chi connectivity index (χ2v) is 15.8. The number of hydrogen-bond donors (Lipinski definition) is 0. The number of rotatable bonds is 11. The van der Waals surface area contributed by atoms with Crippen LogP contribution in [0, 0.1) is 0 Å². The van der Waals surface area contributed by atoms with Gasteiger partial charge in [0.15, 0.2) is 0 Å². The van der Waals surface area contributed by atoms with Crippen molar-refractivity contribution in [1.29, 1.82) is 0 Å². The maximum absolute atomic E-state index is 2.44. The summed E-state index contributed by atoms with van der Waals surface area (Å²) in [6.45, 7) is 0. The lowest BCUT2D eigenvalue weighted by atomic mass is 10.0. The average molecular weight is 821 g/mol. The molecular formula is C60H44N4. The maximum Gasteiger partial charge on any atom is 0.0562 e. The van der Waals surface area contributed by atoms with E-state index in [1.807, 2.05) is 0 Å². The number of para-hydroxylation sites is 6. The van der Waals surface area contributed by atoms with Gasteiger partial charge >= 0.3 is 0 Å². The molecule has 0 atom stereocenters. The van der Waals surface area contributed by atoms with Crippen LogP contribution in [0.25, 0.3) is 38.6 Å². The molecule has 1 aromatic heterocycles. The van der Waals surface area contributed by atoms with Gasteiger partial charge in [-0.3, -0.25) is 0 Å². The van der Waals surface area contributed by atoms with E-state index in [1.165, 1.54) is 10.8 Å². The third-order valence-corrected chi connectivity index (χ3v) is 11.9. The Balaban J connectivity index is 1.16. The zero-order chi connectivity index (χ0) is 42.7. The smallest absolute Gasteiger partial charge is 0.0562 e. The maximum atomic E-state index is 2.44. The molecule has 0 saturated heterocycles. The zero-order valence-electron chi connectivity index (χ0n) is 35.2. The lowest BCUT2D eigenvalue weighted by molar-refractivity contribution is 1.18. The van der Waals surface area contributed by atoms with E-state index in [0.717, 1.165) is 79.0 Å². The van der Waals surface area contributed by atoms with Gasteiger partial charge in [-0.15, -0.1) is 0 Å². The SMILES string of the molecule is c1ccc(-c2ccccc2N(c2ccccc2)c2cccc(N(c3cccc(N(c4ccccc4)c4ccccc4)c3)c3cccc4c3c3ccccc3n4-c3ccccc3)c2)cc1. The normalized spacial score (nSPS) is 11.1. The summed E-state index contributed by atoms with van der Waals surface area (Å²) < 4.78 is 2.39. The zero-order valence-corrected chi connectivity index (χ0v) is 35.2. The van der Waals surface area contributed by atoms with E-state index < -0.39 is 0 Å². The Hall–Kier alpha value is -8.60. The molecule has 0 aliphatic rings. The highest BCUT2D eigenvalue weighted by molar-refractivity contribution is 6.16. The van der Waals surface area contributed by atoms with Crippen molar-refractivity contribution in [3.05, 3.63) is 267 Å². The van der Waals surface area contributed by atoms with Gasteiger partial charge in [0.1, 0.15) is 0 Å². The Morgan fingerprint density at radius 3 is 1.25 bits per heavy atom. The van der Waals surface area contributed by atoms with Crippen LogP contribution in [0.3, 0.4) is 0 Å². The molecule has 11 aromatic rings. The molecule has 0 N–H and O–H groups in total. The van der Waals surface area contributed by atoms with Gasteiger partial charge in [-0.25, -0.2) is 0 Å². The first-order chi connectivity index (χ1) is 31.8. The van der Waals surface area contributed by atoms with E-state index in [4.69, 9.17) is 0 Å². The highest BCUT2D eigenvalue weighted by Crippen LogP contribution is 2.48. The molecule has 0 amide bonds. The molecule has 0 bridgehead atoms. The lowest BCUT2D eigenvalue weighted by Crippen LogP contribution is -2.15. The van der Waals surface area contributed by atoms with Gasteiger partial charge in [-0.1, -0.05) is 158 Å². The van der Waals surface area contributed by atoms with Gasteiger partial charge in [0.2, 0.25) is 0 Å². The number of aromatic nitrogens is 1. The molecule has 0 aliphatic heterocycles. The molecule has 0 unspecified atom stereocenters. The van der Waals surface area contributed by atoms with Crippen LogP contribution in [-0.4, -0.2) is 4.57 Å². The van der Waals surface area contributed by atoms with Crippen molar-refractivity contribution < 1.29 is 0 Å². The molecule has 0 spiro atoms. The fourth-order valence-electron chi connectivity index (χ4n) is 9.15. The lowest BCUT2D eigenvalue weighted by Gasteiger charge is -2.32. The topological polar surface area (TPSA) is 14.7 Å². The summed E-state index contributed by atoms with van der Waals surface area (Å²) in [5.41, 5.74) is 15.3. The quantitative estimate of drug-likeness (QED) is 0.129. The summed E-state index contributed by atoms with van der Waals surface area (Å²) in [6, 6.07) is 95.4. The Morgan fingerprint density at radius 2 is 0.656 bits per heavy atom. The number of nitrogens with zero attached hydrogens (tertiary/aromatic N) is 4. The molecular weight excluding hydrogens is 777 g/mol. The van der Waals surface area contributed by atoms with Crippen molar-refractivity contribution in [2.24, 2.45) is 0 Å². The van der Waals surface area contributed by atoms with Crippen LogP contribution in [0.1, 0.15) is 0 Å². The van der Waals surface area contributed by atoms with Crippen molar-refractivity contribution >= 4 is 73.0 Å². The molecule has 4 nitrogen and oxygen atoms in total. The van der Waals surface area contributed by atoms with Crippen molar-refractivity contribution in [3.63, 3.8) is 0 Å². The first-order valence-electron chi connectivity index (χ1n) is 21.8. The first-order valence-corrected chi connectivity index (χ1v) is 21.8. The predicted octanol–water partition coefficient (Wildman–Crippen LogP) is 16.9. The van der Waals surface area contributed by atoms with Crippen LogP contribution in [0.5, 0.6) is 0 Å². The van der Waals surface area contributed by atoms with E-state index >= 15 is 0 Å². The Labute approximate surface area is 374 Å². The number of benzene rings is 10. The summed E-state index contributed by atoms with van der Waals surface area (Å²) in [6.07, 6.45) is 0. The van der Waals surface area contributed by atoms with Gasteiger partial charge in [0.25, 0.3) is 0 Å². The largest absolute Gasteiger partial charge is 0.310 e. The van der Waals surface area contributed by atoms with Crippen LogP contribution >= 0.6 is 0 Å². The molecule has 0 saturated carbocycles. The molecule has 11 rings (SSSR count). The first kappa shape index (κ1) is 38.3. The van der Waals surface area contributed by atoms with Gasteiger partial charge in [0.05, 0.1) is 22.4 Å². The molecule has 0 fully saturated rings. The van der Waals surface area contributed by atoms with Crippen LogP contribution < -0.4 is 14.7 Å². The highest BCUT2D eigenvalue weighted by Gasteiger charge is 2.24. The highest BCUT2D eigenvalue weighted by atomic mass is 15.2. The molecule has 304 valence electrons. The van der Waals surface area contributed by atoms with Gasteiger partial charge in [-0.2, -0.15) is 0 Å². The second-order valence-electron chi connectivity index (χ2n) is 15.8. The second kappa shape index (κ2) is 17.0. The summed E-state index contributed by atoms with van der Waals surface area (Å²) in [5.74, 6) is 0. The molecule has 1 heterocycles. The molecule has 64 heavy (non-hydrogen) atoms. The average Bonchev–Trinajstić information content (AvgIpc) is 3.71. The van der Waals surface area contributed by atoms with Gasteiger partial charge in [-0.05, 0) is 115 Å². The van der Waals surface area contributed by atoms with Crippen molar-refractivity contribution in [3.8, 4) is 16.8 Å². The van der Waals surface area contributed by atoms with Crippen molar-refractivity contribution in [2.75, 3.05) is 14.7 Å². The fraction of sp³-hybridized carbons (Fsp3) is 0. The number of fused-ring (bicyclic) bond motifs is 3. The van der Waals surface area contributed by atoms with Crippen molar-refractivity contribution in [2.45, 2.75) is 0 Å². The summed E-state index contributed by atoms with van der Waals surface area (Å²) in [4.78, 5) is 7.16. The minimum absolute atomic E-state index is 1.03. The monoisotopic (exact) mass is 820 g/mol. The van der Waals surface area contributed by atoms with Gasteiger partial charge < -0.3 is 19.3 Å². The minimum atomic E-state index is 1.03. The molecule has 4 heteroatoms. The summed E-state index contributed by atoms with van der Waals surface area (Å²) >= 11 is 0. The number of anilines is 9. The molecule has 0 aliphatic carbocycles. The van der Waals surface area contributed by atoms with E-state index in [9.17, 15) is 0 Å². The van der Waals surface area contributed by atoms with Crippen LogP contribution in [0.4, 0.5) is 51.2 Å². The van der Waals surface area contributed by atoms with Crippen molar-refractivity contribution in [1.82, 2.24) is 4.57 Å². The standard InChI is InChI=1S/C60H44N4/c1-6-23-45(24-7-1)54-37-16-18-39-56(54)62(48-29-12-4-13-30-48)51-34-21-36-53(44-51)63(52-35-20-33-50(43-52)61(46-25-8-2-9-26-46)47-27-10-3-11-28-47)58-41-22-42-59-60(58)55-38-17-19-40-57(55)64(59)49-31-14-5-15-32-49/h1-44H. The summed E-state index contributed by atoms with van der Waals surface area (Å²) in [5, 5.41) is 2.36. The Morgan fingerprint density at radius 1 is 0.266 bits per heavy atom. The summed E-state index contributed by atoms with van der Waals surface area (Å²) in [7, 11) is 0. The van der Waals surface area contributed by atoms with Gasteiger partial charge in [0, 0.05) is 61.8 Å². The van der Waals surface area contributed by atoms with E-state index in [1.54, 1.807) is 0 Å². The molecule has 10 aromatic carbocycles. The van der Waals surface area contributed by atoms with Crippen LogP contribution in [0.2, 0.25) is 0 Å². The fourth-order valence-corrected chi connectivity index (χ4v) is 9.15. The third-order valence-electron chi connectivity index (χ3n) is 11.9. The Bertz CT molecular complexity index is 3290. The predicted molar refractivity (Wildman–Crippen MR) is 270 cm³/mol. The van der Waals surface area contributed by atoms with E-state index in [2.05, 4.69) is 286 Å². The Kier molecular flexibility index (Phi) is 10.2. The number of hydrogen-bond acceptors (Lipinski definition) is 3.